The Balaban J connectivity index is 1.69. The van der Waals surface area contributed by atoms with Gasteiger partial charge in [-0.25, -0.2) is 0 Å². The van der Waals surface area contributed by atoms with E-state index in [4.69, 9.17) is 4.74 Å². The first-order valence-corrected chi connectivity index (χ1v) is 9.32. The Morgan fingerprint density at radius 1 is 1.15 bits per heavy atom. The molecule has 0 N–H and O–H groups in total. The van der Waals surface area contributed by atoms with E-state index in [1.54, 1.807) is 13.2 Å². The number of anilines is 1. The zero-order valence-electron chi connectivity index (χ0n) is 14.9. The van der Waals surface area contributed by atoms with Crippen molar-refractivity contribution in [2.24, 2.45) is 0 Å². The van der Waals surface area contributed by atoms with E-state index in [0.29, 0.717) is 5.69 Å². The Labute approximate surface area is 161 Å². The van der Waals surface area contributed by atoms with Gasteiger partial charge in [0.25, 0.3) is 5.69 Å². The third kappa shape index (κ3) is 4.16. The molecule has 0 spiro atoms. The number of piperazine rings is 1. The highest BCUT2D eigenvalue weighted by Gasteiger charge is 2.24. The van der Waals surface area contributed by atoms with Gasteiger partial charge >= 0.3 is 0 Å². The van der Waals surface area contributed by atoms with Crippen molar-refractivity contribution in [2.75, 3.05) is 38.2 Å². The monoisotopic (exact) mass is 419 g/mol. The summed E-state index contributed by atoms with van der Waals surface area (Å²) in [4.78, 5) is 15.5. The van der Waals surface area contributed by atoms with Gasteiger partial charge in [0.1, 0.15) is 11.4 Å². The van der Waals surface area contributed by atoms with Crippen molar-refractivity contribution in [3.8, 4) is 5.75 Å². The van der Waals surface area contributed by atoms with Gasteiger partial charge in [0.2, 0.25) is 0 Å². The molecule has 138 valence electrons. The number of hydrogen-bond donors (Lipinski definition) is 0. The van der Waals surface area contributed by atoms with Gasteiger partial charge in [-0.1, -0.05) is 33.6 Å². The van der Waals surface area contributed by atoms with Gasteiger partial charge in [0.05, 0.1) is 12.0 Å². The van der Waals surface area contributed by atoms with Crippen LogP contribution in [0, 0.1) is 17.0 Å². The fourth-order valence-corrected chi connectivity index (χ4v) is 3.68. The summed E-state index contributed by atoms with van der Waals surface area (Å²) in [5, 5.41) is 11.4. The normalized spacial score (nSPS) is 15.1. The van der Waals surface area contributed by atoms with Crippen LogP contribution in [0.4, 0.5) is 11.4 Å². The van der Waals surface area contributed by atoms with Crippen LogP contribution < -0.4 is 9.64 Å². The van der Waals surface area contributed by atoms with Crippen molar-refractivity contribution in [1.82, 2.24) is 4.90 Å². The van der Waals surface area contributed by atoms with Crippen molar-refractivity contribution < 1.29 is 9.66 Å². The number of ether oxygens (including phenoxy) is 1. The topological polar surface area (TPSA) is 58.8 Å². The molecule has 3 rings (SSSR count). The molecule has 7 heteroatoms. The van der Waals surface area contributed by atoms with E-state index in [1.165, 1.54) is 11.1 Å². The summed E-state index contributed by atoms with van der Waals surface area (Å²) in [5.74, 6) is 0.904. The third-order valence-corrected chi connectivity index (χ3v) is 5.17. The number of methoxy groups -OCH3 is 1. The molecule has 0 saturated carbocycles. The molecule has 0 bridgehead atoms. The van der Waals surface area contributed by atoms with E-state index in [1.807, 2.05) is 24.3 Å². The maximum Gasteiger partial charge on any atom is 0.293 e. The molecule has 0 amide bonds. The molecule has 1 saturated heterocycles. The van der Waals surface area contributed by atoms with Crippen LogP contribution in [-0.2, 0) is 6.54 Å². The lowest BCUT2D eigenvalue weighted by molar-refractivity contribution is -0.384. The lowest BCUT2D eigenvalue weighted by Gasteiger charge is -2.36. The van der Waals surface area contributed by atoms with Crippen molar-refractivity contribution in [1.29, 1.82) is 0 Å². The van der Waals surface area contributed by atoms with Gasteiger partial charge in [-0.2, -0.15) is 0 Å². The van der Waals surface area contributed by atoms with Crippen LogP contribution in [0.25, 0.3) is 0 Å². The van der Waals surface area contributed by atoms with E-state index in [2.05, 4.69) is 38.7 Å². The number of halogens is 1. The zero-order chi connectivity index (χ0) is 18.7. The van der Waals surface area contributed by atoms with Crippen molar-refractivity contribution >= 4 is 27.3 Å². The van der Waals surface area contributed by atoms with Crippen LogP contribution in [0.5, 0.6) is 5.75 Å². The van der Waals surface area contributed by atoms with Crippen LogP contribution in [0.3, 0.4) is 0 Å². The standard InChI is InChI=1S/C19H22BrN3O3/c1-14-3-6-19(26-2)15(11-14)13-21-7-9-22(10-8-21)17-5-4-16(20)12-18(17)23(24)25/h3-6,11-12H,7-10,13H2,1-2H3. The highest BCUT2D eigenvalue weighted by molar-refractivity contribution is 9.10. The van der Waals surface area contributed by atoms with Crippen molar-refractivity contribution in [3.63, 3.8) is 0 Å². The molecule has 0 radical (unpaired) electrons. The third-order valence-electron chi connectivity index (χ3n) is 4.68. The molecule has 26 heavy (non-hydrogen) atoms. The maximum absolute atomic E-state index is 11.4. The first-order chi connectivity index (χ1) is 12.5. The van der Waals surface area contributed by atoms with Gasteiger partial charge in [0, 0.05) is 48.8 Å². The summed E-state index contributed by atoms with van der Waals surface area (Å²) in [6.45, 7) is 6.12. The summed E-state index contributed by atoms with van der Waals surface area (Å²) >= 11 is 3.31. The highest BCUT2D eigenvalue weighted by atomic mass is 79.9. The fraction of sp³-hybridized carbons (Fsp3) is 0.368. The highest BCUT2D eigenvalue weighted by Crippen LogP contribution is 2.32. The lowest BCUT2D eigenvalue weighted by atomic mass is 10.1. The minimum atomic E-state index is -0.315. The van der Waals surface area contributed by atoms with Crippen LogP contribution in [0.2, 0.25) is 0 Å². The number of hydrogen-bond acceptors (Lipinski definition) is 5. The molecule has 2 aromatic rings. The first kappa shape index (κ1) is 18.7. The Kier molecular flexibility index (Phi) is 5.78. The maximum atomic E-state index is 11.4. The molecule has 1 aliphatic rings. The molecular formula is C19H22BrN3O3. The minimum absolute atomic E-state index is 0.146. The number of nitro benzene ring substituents is 1. The molecule has 2 aromatic carbocycles. The smallest absolute Gasteiger partial charge is 0.293 e. The predicted molar refractivity (Wildman–Crippen MR) is 106 cm³/mol. The minimum Gasteiger partial charge on any atom is -0.496 e. The fourth-order valence-electron chi connectivity index (χ4n) is 3.33. The van der Waals surface area contributed by atoms with E-state index in [0.717, 1.165) is 42.9 Å². The zero-order valence-corrected chi connectivity index (χ0v) is 16.5. The van der Waals surface area contributed by atoms with E-state index in [9.17, 15) is 10.1 Å². The number of rotatable bonds is 5. The van der Waals surface area contributed by atoms with Crippen molar-refractivity contribution in [3.05, 3.63) is 62.1 Å². The molecule has 0 aromatic heterocycles. The second kappa shape index (κ2) is 8.05. The van der Waals surface area contributed by atoms with Crippen molar-refractivity contribution in [2.45, 2.75) is 13.5 Å². The van der Waals surface area contributed by atoms with Crippen LogP contribution >= 0.6 is 15.9 Å². The Morgan fingerprint density at radius 3 is 2.54 bits per heavy atom. The van der Waals surface area contributed by atoms with Crippen LogP contribution in [0.1, 0.15) is 11.1 Å². The van der Waals surface area contributed by atoms with E-state index < -0.39 is 0 Å². The van der Waals surface area contributed by atoms with E-state index >= 15 is 0 Å². The number of benzene rings is 2. The first-order valence-electron chi connectivity index (χ1n) is 8.52. The molecule has 1 heterocycles. The van der Waals surface area contributed by atoms with Crippen LogP contribution in [0.15, 0.2) is 40.9 Å². The molecule has 1 aliphatic heterocycles. The van der Waals surface area contributed by atoms with E-state index in [-0.39, 0.29) is 10.6 Å². The van der Waals surface area contributed by atoms with Gasteiger partial charge < -0.3 is 9.64 Å². The Bertz CT molecular complexity index is 805. The van der Waals surface area contributed by atoms with Gasteiger partial charge in [0.15, 0.2) is 0 Å². The van der Waals surface area contributed by atoms with Crippen LogP contribution in [-0.4, -0.2) is 43.1 Å². The Morgan fingerprint density at radius 2 is 1.88 bits per heavy atom. The number of nitrogens with zero attached hydrogens (tertiary/aromatic N) is 3. The van der Waals surface area contributed by atoms with Gasteiger partial charge in [-0.15, -0.1) is 0 Å². The summed E-state index contributed by atoms with van der Waals surface area (Å²) in [7, 11) is 1.69. The number of nitro groups is 1. The average molecular weight is 420 g/mol. The second-order valence-corrected chi connectivity index (χ2v) is 7.38. The molecule has 0 atom stereocenters. The number of aryl methyl sites for hydroxylation is 1. The largest absolute Gasteiger partial charge is 0.496 e. The predicted octanol–water partition coefficient (Wildman–Crippen LogP) is 4.00. The summed E-state index contributed by atoms with van der Waals surface area (Å²) in [6.07, 6.45) is 0. The molecule has 0 aliphatic carbocycles. The Hall–Kier alpha value is -2.12. The molecule has 0 unspecified atom stereocenters. The van der Waals surface area contributed by atoms with Gasteiger partial charge in [-0.3, -0.25) is 15.0 Å². The lowest BCUT2D eigenvalue weighted by Crippen LogP contribution is -2.46. The summed E-state index contributed by atoms with van der Waals surface area (Å²) in [6, 6.07) is 11.5. The SMILES string of the molecule is COc1ccc(C)cc1CN1CCN(c2ccc(Br)cc2[N+](=O)[O-])CC1. The molecular weight excluding hydrogens is 398 g/mol. The summed E-state index contributed by atoms with van der Waals surface area (Å²) < 4.78 is 6.19. The molecule has 6 nitrogen and oxygen atoms in total. The quantitative estimate of drug-likeness (QED) is 0.541. The summed E-state index contributed by atoms with van der Waals surface area (Å²) in [5.41, 5.74) is 3.22. The average Bonchev–Trinajstić information content (AvgIpc) is 2.62. The van der Waals surface area contributed by atoms with Gasteiger partial charge in [-0.05, 0) is 25.1 Å². The second-order valence-electron chi connectivity index (χ2n) is 6.47. The molecule has 1 fully saturated rings.